The second-order valence-electron chi connectivity index (χ2n) is 5.01. The Hall–Kier alpha value is -0.560. The molecule has 3 heteroatoms. The zero-order chi connectivity index (χ0) is 12.7. The fraction of sp³-hybridized carbons (Fsp3) is 0.857. The monoisotopic (exact) mass is 237 g/mol. The van der Waals surface area contributed by atoms with E-state index in [-0.39, 0.29) is 0 Å². The van der Waals surface area contributed by atoms with Gasteiger partial charge >= 0.3 is 0 Å². The van der Waals surface area contributed by atoms with Crippen molar-refractivity contribution < 1.29 is 0 Å². The van der Waals surface area contributed by atoms with Crippen LogP contribution in [0.2, 0.25) is 0 Å². The van der Waals surface area contributed by atoms with Crippen LogP contribution in [-0.2, 0) is 0 Å². The minimum absolute atomic E-state index is 0.557. The number of nitrogens with zero attached hydrogens (tertiary/aromatic N) is 2. The number of nitrogens with one attached hydrogen (secondary N) is 1. The van der Waals surface area contributed by atoms with Gasteiger partial charge in [0.2, 0.25) is 0 Å². The first-order valence-corrected chi connectivity index (χ1v) is 6.77. The lowest BCUT2D eigenvalue weighted by atomic mass is 10.0. The molecule has 1 saturated heterocycles. The van der Waals surface area contributed by atoms with Crippen molar-refractivity contribution in [3.8, 4) is 12.3 Å². The molecule has 0 aromatic carbocycles. The van der Waals surface area contributed by atoms with Gasteiger partial charge in [-0.15, -0.1) is 6.42 Å². The molecule has 1 atom stereocenters. The molecule has 98 valence electrons. The molecule has 0 aromatic heterocycles. The SMILES string of the molecule is C#CCNCC(C)N(C)C1CCN(CC)CC1. The first-order chi connectivity index (χ1) is 8.19. The molecule has 1 rings (SSSR count). The molecule has 0 aliphatic carbocycles. The molecule has 1 heterocycles. The van der Waals surface area contributed by atoms with Gasteiger partial charge in [-0.2, -0.15) is 0 Å². The number of likely N-dealkylation sites (N-methyl/N-ethyl adjacent to an activating group) is 1. The van der Waals surface area contributed by atoms with Gasteiger partial charge in [-0.3, -0.25) is 4.90 Å². The van der Waals surface area contributed by atoms with Crippen molar-refractivity contribution in [2.24, 2.45) is 0 Å². The Kier molecular flexibility index (Phi) is 6.57. The van der Waals surface area contributed by atoms with Crippen molar-refractivity contribution in [2.75, 3.05) is 39.8 Å². The van der Waals surface area contributed by atoms with Crippen molar-refractivity contribution in [3.63, 3.8) is 0 Å². The van der Waals surface area contributed by atoms with Crippen molar-refractivity contribution >= 4 is 0 Å². The van der Waals surface area contributed by atoms with E-state index in [1.165, 1.54) is 32.5 Å². The smallest absolute Gasteiger partial charge is 0.0574 e. The first kappa shape index (κ1) is 14.5. The summed E-state index contributed by atoms with van der Waals surface area (Å²) in [6.45, 7) is 9.86. The fourth-order valence-corrected chi connectivity index (χ4v) is 2.50. The number of hydrogen-bond donors (Lipinski definition) is 1. The average molecular weight is 237 g/mol. The van der Waals surface area contributed by atoms with E-state index in [2.05, 4.69) is 41.9 Å². The fourth-order valence-electron chi connectivity index (χ4n) is 2.50. The molecule has 1 unspecified atom stereocenters. The molecular formula is C14H27N3. The zero-order valence-corrected chi connectivity index (χ0v) is 11.6. The Balaban J connectivity index is 2.27. The molecule has 0 saturated carbocycles. The second kappa shape index (κ2) is 7.71. The molecular weight excluding hydrogens is 210 g/mol. The van der Waals surface area contributed by atoms with E-state index in [9.17, 15) is 0 Å². The highest BCUT2D eigenvalue weighted by Crippen LogP contribution is 2.16. The summed E-state index contributed by atoms with van der Waals surface area (Å²) in [7, 11) is 2.24. The largest absolute Gasteiger partial charge is 0.305 e. The lowest BCUT2D eigenvalue weighted by Gasteiger charge is -2.39. The molecule has 1 fully saturated rings. The van der Waals surface area contributed by atoms with Crippen LogP contribution in [0.5, 0.6) is 0 Å². The molecule has 1 aliphatic rings. The molecule has 0 radical (unpaired) electrons. The Morgan fingerprint density at radius 3 is 2.65 bits per heavy atom. The Morgan fingerprint density at radius 1 is 1.47 bits per heavy atom. The van der Waals surface area contributed by atoms with Gasteiger partial charge in [0.05, 0.1) is 6.54 Å². The lowest BCUT2D eigenvalue weighted by molar-refractivity contribution is 0.104. The van der Waals surface area contributed by atoms with Gasteiger partial charge in [-0.05, 0) is 46.4 Å². The number of piperidine rings is 1. The summed E-state index contributed by atoms with van der Waals surface area (Å²) >= 11 is 0. The summed E-state index contributed by atoms with van der Waals surface area (Å²) in [5.41, 5.74) is 0. The molecule has 1 N–H and O–H groups in total. The van der Waals surface area contributed by atoms with E-state index in [0.29, 0.717) is 12.6 Å². The van der Waals surface area contributed by atoms with E-state index in [4.69, 9.17) is 6.42 Å². The Morgan fingerprint density at radius 2 is 2.12 bits per heavy atom. The average Bonchev–Trinajstić information content (AvgIpc) is 2.38. The molecule has 0 aromatic rings. The van der Waals surface area contributed by atoms with Crippen LogP contribution in [-0.4, -0.2) is 61.7 Å². The molecule has 17 heavy (non-hydrogen) atoms. The molecule has 0 bridgehead atoms. The number of rotatable bonds is 6. The normalized spacial score (nSPS) is 20.4. The summed E-state index contributed by atoms with van der Waals surface area (Å²) < 4.78 is 0. The third kappa shape index (κ3) is 4.67. The van der Waals surface area contributed by atoms with Crippen molar-refractivity contribution in [3.05, 3.63) is 0 Å². The molecule has 3 nitrogen and oxygen atoms in total. The van der Waals surface area contributed by atoms with Gasteiger partial charge in [0.25, 0.3) is 0 Å². The minimum atomic E-state index is 0.557. The van der Waals surface area contributed by atoms with E-state index in [1.54, 1.807) is 0 Å². The zero-order valence-electron chi connectivity index (χ0n) is 11.6. The topological polar surface area (TPSA) is 18.5 Å². The van der Waals surface area contributed by atoms with Crippen LogP contribution in [0.15, 0.2) is 0 Å². The van der Waals surface area contributed by atoms with Gasteiger partial charge in [0.15, 0.2) is 0 Å². The Bertz CT molecular complexity index is 238. The highest BCUT2D eigenvalue weighted by atomic mass is 15.2. The van der Waals surface area contributed by atoms with Gasteiger partial charge in [-0.25, -0.2) is 0 Å². The highest BCUT2D eigenvalue weighted by molar-refractivity contribution is 4.88. The van der Waals surface area contributed by atoms with E-state index in [0.717, 1.165) is 12.6 Å². The summed E-state index contributed by atoms with van der Waals surface area (Å²) in [6.07, 6.45) is 7.82. The van der Waals surface area contributed by atoms with Crippen LogP contribution in [0, 0.1) is 12.3 Å². The maximum Gasteiger partial charge on any atom is 0.0574 e. The third-order valence-corrected chi connectivity index (χ3v) is 3.94. The van der Waals surface area contributed by atoms with Crippen molar-refractivity contribution in [1.82, 2.24) is 15.1 Å². The van der Waals surface area contributed by atoms with Crippen LogP contribution < -0.4 is 5.32 Å². The molecule has 0 spiro atoms. The maximum absolute atomic E-state index is 5.23. The number of likely N-dealkylation sites (tertiary alicyclic amines) is 1. The van der Waals surface area contributed by atoms with E-state index < -0.39 is 0 Å². The first-order valence-electron chi connectivity index (χ1n) is 6.77. The van der Waals surface area contributed by atoms with Gasteiger partial charge in [0.1, 0.15) is 0 Å². The highest BCUT2D eigenvalue weighted by Gasteiger charge is 2.24. The Labute approximate surface area is 107 Å². The summed E-state index contributed by atoms with van der Waals surface area (Å²) in [4.78, 5) is 5.04. The summed E-state index contributed by atoms with van der Waals surface area (Å²) in [5, 5.41) is 3.29. The second-order valence-corrected chi connectivity index (χ2v) is 5.01. The minimum Gasteiger partial charge on any atom is -0.305 e. The predicted molar refractivity (Wildman–Crippen MR) is 74.1 cm³/mol. The van der Waals surface area contributed by atoms with Gasteiger partial charge < -0.3 is 10.2 Å². The van der Waals surface area contributed by atoms with Crippen molar-refractivity contribution in [1.29, 1.82) is 0 Å². The number of hydrogen-bond acceptors (Lipinski definition) is 3. The summed E-state index contributed by atoms with van der Waals surface area (Å²) in [6, 6.07) is 1.29. The standard InChI is InChI=1S/C14H27N3/c1-5-9-15-12-13(3)16(4)14-7-10-17(6-2)11-8-14/h1,13-15H,6-12H2,2-4H3. The summed E-state index contributed by atoms with van der Waals surface area (Å²) in [5.74, 6) is 2.62. The lowest BCUT2D eigenvalue weighted by Crippen LogP contribution is -2.48. The number of terminal acetylenes is 1. The maximum atomic E-state index is 5.23. The third-order valence-electron chi connectivity index (χ3n) is 3.94. The van der Waals surface area contributed by atoms with Gasteiger partial charge in [-0.1, -0.05) is 12.8 Å². The van der Waals surface area contributed by atoms with Crippen LogP contribution >= 0.6 is 0 Å². The van der Waals surface area contributed by atoms with E-state index >= 15 is 0 Å². The van der Waals surface area contributed by atoms with Crippen LogP contribution in [0.1, 0.15) is 26.7 Å². The quantitative estimate of drug-likeness (QED) is 0.549. The van der Waals surface area contributed by atoms with Crippen LogP contribution in [0.25, 0.3) is 0 Å². The van der Waals surface area contributed by atoms with Crippen molar-refractivity contribution in [2.45, 2.75) is 38.8 Å². The molecule has 1 aliphatic heterocycles. The van der Waals surface area contributed by atoms with Gasteiger partial charge in [0, 0.05) is 18.6 Å². The predicted octanol–water partition coefficient (Wildman–Crippen LogP) is 1.01. The van der Waals surface area contributed by atoms with Crippen LogP contribution in [0.3, 0.4) is 0 Å². The van der Waals surface area contributed by atoms with Crippen LogP contribution in [0.4, 0.5) is 0 Å². The molecule has 0 amide bonds. The van der Waals surface area contributed by atoms with E-state index in [1.807, 2.05) is 0 Å².